The van der Waals surface area contributed by atoms with Crippen molar-refractivity contribution in [3.63, 3.8) is 0 Å². The summed E-state index contributed by atoms with van der Waals surface area (Å²) in [5, 5.41) is 10.4. The molecule has 0 saturated carbocycles. The molecule has 1 fully saturated rings. The van der Waals surface area contributed by atoms with Crippen molar-refractivity contribution in [1.82, 2.24) is 20.4 Å². The Morgan fingerprint density at radius 2 is 2.07 bits per heavy atom. The third kappa shape index (κ3) is 5.77. The highest BCUT2D eigenvalue weighted by atomic mass is 35.5. The Kier molecular flexibility index (Phi) is 8.16. The Hall–Kier alpha value is -2.45. The van der Waals surface area contributed by atoms with E-state index in [1.807, 2.05) is 13.2 Å². The maximum absolute atomic E-state index is 13.3. The highest BCUT2D eigenvalue weighted by molar-refractivity contribution is 5.85. The van der Waals surface area contributed by atoms with E-state index < -0.39 is 12.0 Å². The smallest absolute Gasteiger partial charge is 0.308 e. The summed E-state index contributed by atoms with van der Waals surface area (Å²) in [6, 6.07) is 5.20. The maximum Gasteiger partial charge on any atom is 0.308 e. The molecular weight excluding hydrogens is 399 g/mol. The Labute approximate surface area is 175 Å². The fourth-order valence-corrected chi connectivity index (χ4v) is 3.55. The van der Waals surface area contributed by atoms with Gasteiger partial charge >= 0.3 is 5.97 Å². The van der Waals surface area contributed by atoms with Crippen LogP contribution in [0.15, 0.2) is 36.7 Å². The molecule has 2 heterocycles. The van der Waals surface area contributed by atoms with E-state index in [4.69, 9.17) is 4.74 Å². The molecule has 1 aromatic heterocycles. The van der Waals surface area contributed by atoms with Gasteiger partial charge in [-0.2, -0.15) is 5.10 Å². The largest absolute Gasteiger partial charge is 0.466 e. The number of hydrogen-bond donors (Lipinski definition) is 2. The number of aryl methyl sites for hydroxylation is 1. The number of benzene rings is 1. The van der Waals surface area contributed by atoms with Crippen molar-refractivity contribution < 1.29 is 18.7 Å². The number of rotatable bonds is 7. The Balaban J connectivity index is 0.00000300. The second-order valence-electron chi connectivity index (χ2n) is 6.94. The first-order valence-electron chi connectivity index (χ1n) is 9.38. The monoisotopic (exact) mass is 424 g/mol. The van der Waals surface area contributed by atoms with Crippen LogP contribution in [0.25, 0.3) is 0 Å². The van der Waals surface area contributed by atoms with Crippen LogP contribution in [0.3, 0.4) is 0 Å². The summed E-state index contributed by atoms with van der Waals surface area (Å²) >= 11 is 0. The molecule has 1 aromatic carbocycles. The predicted octanol–water partition coefficient (Wildman–Crippen LogP) is 2.09. The lowest BCUT2D eigenvalue weighted by molar-refractivity contribution is -0.143. The summed E-state index contributed by atoms with van der Waals surface area (Å²) < 4.78 is 20.0. The summed E-state index contributed by atoms with van der Waals surface area (Å²) in [6.45, 7) is 3.22. The average Bonchev–Trinajstić information content (AvgIpc) is 3.30. The SMILES string of the molecule is CCOC(=O)CC(NC(=O)[C@H]1CNC[C@@H]1c1cnn(C)c1)c1ccc(F)cc1.Cl. The van der Waals surface area contributed by atoms with E-state index in [-0.39, 0.29) is 49.0 Å². The van der Waals surface area contributed by atoms with E-state index in [1.54, 1.807) is 29.9 Å². The third-order valence-corrected chi connectivity index (χ3v) is 4.97. The molecule has 1 aliphatic rings. The molecule has 0 radical (unpaired) electrons. The van der Waals surface area contributed by atoms with E-state index in [9.17, 15) is 14.0 Å². The molecule has 0 bridgehead atoms. The molecule has 1 aliphatic heterocycles. The van der Waals surface area contributed by atoms with Gasteiger partial charge in [-0.25, -0.2) is 4.39 Å². The first kappa shape index (κ1) is 22.8. The summed E-state index contributed by atoms with van der Waals surface area (Å²) in [4.78, 5) is 25.0. The van der Waals surface area contributed by atoms with Gasteiger partial charge in [0.05, 0.1) is 31.2 Å². The molecule has 1 unspecified atom stereocenters. The normalized spacial score (nSPS) is 19.3. The molecule has 2 N–H and O–H groups in total. The minimum Gasteiger partial charge on any atom is -0.466 e. The topological polar surface area (TPSA) is 85.2 Å². The van der Waals surface area contributed by atoms with Crippen LogP contribution in [-0.2, 0) is 21.4 Å². The molecule has 29 heavy (non-hydrogen) atoms. The van der Waals surface area contributed by atoms with Crippen molar-refractivity contribution in [3.05, 3.63) is 53.6 Å². The Bertz CT molecular complexity index is 827. The fourth-order valence-electron chi connectivity index (χ4n) is 3.55. The maximum atomic E-state index is 13.3. The molecule has 1 saturated heterocycles. The van der Waals surface area contributed by atoms with Crippen LogP contribution in [0.4, 0.5) is 4.39 Å². The lowest BCUT2D eigenvalue weighted by Crippen LogP contribution is -2.38. The van der Waals surface area contributed by atoms with E-state index >= 15 is 0 Å². The number of carbonyl (C=O) groups is 2. The Morgan fingerprint density at radius 3 is 2.69 bits per heavy atom. The standard InChI is InChI=1S/C20H25FN4O3.ClH/c1-3-28-19(26)8-18(13-4-6-15(21)7-5-13)24-20(27)17-11-22-10-16(17)14-9-23-25(2)12-14;/h4-7,9,12,16-18,22H,3,8,10-11H2,1-2H3,(H,24,27);1H/t16-,17+,18?;/m1./s1. The molecule has 3 rings (SSSR count). The number of aromatic nitrogens is 2. The van der Waals surface area contributed by atoms with Crippen LogP contribution >= 0.6 is 12.4 Å². The minimum atomic E-state index is -0.581. The summed E-state index contributed by atoms with van der Waals surface area (Å²) in [6.07, 6.45) is 3.67. The lowest BCUT2D eigenvalue weighted by atomic mass is 9.89. The van der Waals surface area contributed by atoms with Gasteiger partial charge in [0.25, 0.3) is 0 Å². The van der Waals surface area contributed by atoms with Gasteiger partial charge in [-0.05, 0) is 30.2 Å². The highest BCUT2D eigenvalue weighted by Crippen LogP contribution is 2.29. The highest BCUT2D eigenvalue weighted by Gasteiger charge is 2.36. The van der Waals surface area contributed by atoms with Crippen molar-refractivity contribution in [2.45, 2.75) is 25.3 Å². The number of ether oxygens (including phenoxy) is 1. The van der Waals surface area contributed by atoms with E-state index in [0.29, 0.717) is 18.7 Å². The third-order valence-electron chi connectivity index (χ3n) is 4.97. The molecule has 2 aromatic rings. The zero-order chi connectivity index (χ0) is 20.1. The van der Waals surface area contributed by atoms with Crippen molar-refractivity contribution in [2.75, 3.05) is 19.7 Å². The van der Waals surface area contributed by atoms with Crippen LogP contribution in [0.1, 0.15) is 36.4 Å². The lowest BCUT2D eigenvalue weighted by Gasteiger charge is -2.23. The average molecular weight is 425 g/mol. The van der Waals surface area contributed by atoms with E-state index in [2.05, 4.69) is 15.7 Å². The van der Waals surface area contributed by atoms with Crippen LogP contribution in [0, 0.1) is 11.7 Å². The second-order valence-corrected chi connectivity index (χ2v) is 6.94. The van der Waals surface area contributed by atoms with Crippen molar-refractivity contribution in [3.8, 4) is 0 Å². The molecule has 158 valence electrons. The van der Waals surface area contributed by atoms with Gasteiger partial charge in [0.1, 0.15) is 5.82 Å². The minimum absolute atomic E-state index is 0. The summed E-state index contributed by atoms with van der Waals surface area (Å²) in [5.74, 6) is -1.22. The van der Waals surface area contributed by atoms with Crippen LogP contribution in [0.5, 0.6) is 0 Å². The molecule has 1 amide bonds. The van der Waals surface area contributed by atoms with Gasteiger partial charge in [-0.15, -0.1) is 12.4 Å². The zero-order valence-electron chi connectivity index (χ0n) is 16.4. The van der Waals surface area contributed by atoms with Gasteiger partial charge in [0.15, 0.2) is 0 Å². The number of amides is 1. The zero-order valence-corrected chi connectivity index (χ0v) is 17.2. The molecule has 0 aliphatic carbocycles. The fraction of sp³-hybridized carbons (Fsp3) is 0.450. The number of hydrogen-bond acceptors (Lipinski definition) is 5. The quantitative estimate of drug-likeness (QED) is 0.665. The number of nitrogens with zero attached hydrogens (tertiary/aromatic N) is 2. The van der Waals surface area contributed by atoms with E-state index in [0.717, 1.165) is 5.56 Å². The predicted molar refractivity (Wildman–Crippen MR) is 108 cm³/mol. The number of nitrogens with one attached hydrogen (secondary N) is 2. The van der Waals surface area contributed by atoms with Gasteiger partial charge in [0.2, 0.25) is 5.91 Å². The molecule has 7 nitrogen and oxygen atoms in total. The number of halogens is 2. The first-order valence-corrected chi connectivity index (χ1v) is 9.38. The molecule has 3 atom stereocenters. The van der Waals surface area contributed by atoms with Gasteiger partial charge in [-0.3, -0.25) is 14.3 Å². The molecule has 9 heteroatoms. The van der Waals surface area contributed by atoms with Crippen molar-refractivity contribution in [2.24, 2.45) is 13.0 Å². The van der Waals surface area contributed by atoms with E-state index in [1.165, 1.54) is 12.1 Å². The van der Waals surface area contributed by atoms with Crippen molar-refractivity contribution >= 4 is 24.3 Å². The molecule has 0 spiro atoms. The van der Waals surface area contributed by atoms with Crippen LogP contribution < -0.4 is 10.6 Å². The second kappa shape index (κ2) is 10.4. The van der Waals surface area contributed by atoms with Gasteiger partial charge in [0, 0.05) is 32.3 Å². The molecular formula is C20H26ClFN4O3. The van der Waals surface area contributed by atoms with Crippen LogP contribution in [0.2, 0.25) is 0 Å². The summed E-state index contributed by atoms with van der Waals surface area (Å²) in [5.41, 5.74) is 1.66. The van der Waals surface area contributed by atoms with Gasteiger partial charge < -0.3 is 15.4 Å². The summed E-state index contributed by atoms with van der Waals surface area (Å²) in [7, 11) is 1.84. The van der Waals surface area contributed by atoms with Crippen LogP contribution in [-0.4, -0.2) is 41.4 Å². The Morgan fingerprint density at radius 1 is 1.34 bits per heavy atom. The van der Waals surface area contributed by atoms with Gasteiger partial charge in [-0.1, -0.05) is 12.1 Å². The number of carbonyl (C=O) groups excluding carboxylic acids is 2. The first-order chi connectivity index (χ1) is 13.5. The van der Waals surface area contributed by atoms with Crippen molar-refractivity contribution in [1.29, 1.82) is 0 Å². The number of esters is 1.